The summed E-state index contributed by atoms with van der Waals surface area (Å²) in [5.74, 6) is -0.920. The molecule has 50 valence electrons. The van der Waals surface area contributed by atoms with E-state index in [4.69, 9.17) is 5.11 Å². The first-order valence-corrected chi connectivity index (χ1v) is 2.59. The van der Waals surface area contributed by atoms with Crippen LogP contribution in [-0.2, 0) is 0 Å². The van der Waals surface area contributed by atoms with Crippen molar-refractivity contribution in [2.75, 3.05) is 0 Å². The predicted molar refractivity (Wildman–Crippen MR) is 29.4 cm³/mol. The average Bonchev–Trinajstić information content (AvgIpc) is 1.80. The molecule has 3 heteroatoms. The molecule has 1 aliphatic rings. The highest BCUT2D eigenvalue weighted by Crippen LogP contribution is 2.20. The molecule has 0 saturated carbocycles. The zero-order valence-electron chi connectivity index (χ0n) is 4.64. The minimum Gasteiger partial charge on any atom is -0.512 e. The van der Waals surface area contributed by atoms with E-state index >= 15 is 0 Å². The molecule has 0 bridgehead atoms. The Hall–Kier alpha value is -0.860. The van der Waals surface area contributed by atoms with Crippen molar-refractivity contribution in [3.63, 3.8) is 0 Å². The van der Waals surface area contributed by atoms with Gasteiger partial charge in [-0.25, -0.2) is 8.78 Å². The maximum Gasteiger partial charge on any atom is 0.158 e. The highest BCUT2D eigenvalue weighted by molar-refractivity contribution is 5.19. The van der Waals surface area contributed by atoms with Crippen LogP contribution in [-0.4, -0.2) is 11.3 Å². The van der Waals surface area contributed by atoms with E-state index in [0.29, 0.717) is 0 Å². The molecular formula is C6H6F2O. The molecule has 1 atom stereocenters. The Morgan fingerprint density at radius 1 is 1.56 bits per heavy atom. The van der Waals surface area contributed by atoms with Gasteiger partial charge < -0.3 is 5.11 Å². The molecule has 0 aromatic carbocycles. The lowest BCUT2D eigenvalue weighted by Crippen LogP contribution is -2.05. The minimum atomic E-state index is -1.64. The van der Waals surface area contributed by atoms with Crippen LogP contribution in [0, 0.1) is 0 Å². The van der Waals surface area contributed by atoms with E-state index in [0.717, 1.165) is 12.2 Å². The van der Waals surface area contributed by atoms with E-state index in [2.05, 4.69) is 0 Å². The van der Waals surface area contributed by atoms with Crippen molar-refractivity contribution < 1.29 is 13.9 Å². The van der Waals surface area contributed by atoms with Crippen LogP contribution in [0.25, 0.3) is 0 Å². The molecule has 0 heterocycles. The number of halogens is 2. The van der Waals surface area contributed by atoms with Gasteiger partial charge in [-0.2, -0.15) is 0 Å². The molecule has 9 heavy (non-hydrogen) atoms. The fourth-order valence-electron chi connectivity index (χ4n) is 0.629. The Morgan fingerprint density at radius 2 is 2.22 bits per heavy atom. The van der Waals surface area contributed by atoms with E-state index in [1.54, 1.807) is 0 Å². The van der Waals surface area contributed by atoms with Gasteiger partial charge in [0, 0.05) is 6.42 Å². The third-order valence-corrected chi connectivity index (χ3v) is 1.12. The van der Waals surface area contributed by atoms with Gasteiger partial charge in [0.05, 0.1) is 5.76 Å². The van der Waals surface area contributed by atoms with Crippen LogP contribution in [0.2, 0.25) is 0 Å². The predicted octanol–water partition coefficient (Wildman–Crippen LogP) is 2.02. The summed E-state index contributed by atoms with van der Waals surface area (Å²) in [4.78, 5) is 0. The van der Waals surface area contributed by atoms with Crippen molar-refractivity contribution in [1.29, 1.82) is 0 Å². The molecule has 1 aliphatic carbocycles. The van der Waals surface area contributed by atoms with Gasteiger partial charge in [-0.15, -0.1) is 0 Å². The topological polar surface area (TPSA) is 20.2 Å². The van der Waals surface area contributed by atoms with Crippen LogP contribution < -0.4 is 0 Å². The van der Waals surface area contributed by atoms with Gasteiger partial charge in [-0.3, -0.25) is 0 Å². The SMILES string of the molecule is OC1=CC=C(F)C(F)C1. The summed E-state index contributed by atoms with van der Waals surface area (Å²) in [6, 6.07) is 0. The Kier molecular flexibility index (Phi) is 1.51. The second-order valence-corrected chi connectivity index (χ2v) is 1.88. The molecule has 0 saturated heterocycles. The number of hydrogen-bond donors (Lipinski definition) is 1. The molecule has 0 amide bonds. The van der Waals surface area contributed by atoms with Gasteiger partial charge in [0.15, 0.2) is 6.17 Å². The van der Waals surface area contributed by atoms with Crippen LogP contribution in [0.4, 0.5) is 8.78 Å². The summed E-state index contributed by atoms with van der Waals surface area (Å²) in [6.45, 7) is 0. The second kappa shape index (κ2) is 2.17. The standard InChI is InChI=1S/C6H6F2O/c7-5-2-1-4(9)3-6(5)8/h1-2,6,9H,3H2. The Balaban J connectivity index is 2.74. The third-order valence-electron chi connectivity index (χ3n) is 1.12. The van der Waals surface area contributed by atoms with Crippen molar-refractivity contribution in [3.05, 3.63) is 23.7 Å². The van der Waals surface area contributed by atoms with Crippen LogP contribution in [0.15, 0.2) is 23.7 Å². The summed E-state index contributed by atoms with van der Waals surface area (Å²) < 4.78 is 24.3. The lowest BCUT2D eigenvalue weighted by atomic mass is 10.1. The largest absolute Gasteiger partial charge is 0.512 e. The molecule has 0 aliphatic heterocycles. The normalized spacial score (nSPS) is 27.1. The molecule has 0 aromatic heterocycles. The van der Waals surface area contributed by atoms with Gasteiger partial charge in [0.2, 0.25) is 0 Å². The second-order valence-electron chi connectivity index (χ2n) is 1.88. The van der Waals surface area contributed by atoms with E-state index < -0.39 is 12.0 Å². The Labute approximate surface area is 51.3 Å². The van der Waals surface area contributed by atoms with Crippen molar-refractivity contribution >= 4 is 0 Å². The number of alkyl halides is 1. The van der Waals surface area contributed by atoms with E-state index in [9.17, 15) is 8.78 Å². The average molecular weight is 132 g/mol. The first kappa shape index (κ1) is 6.26. The van der Waals surface area contributed by atoms with E-state index in [-0.39, 0.29) is 12.2 Å². The summed E-state index contributed by atoms with van der Waals surface area (Å²) in [6.07, 6.45) is 0.215. The highest BCUT2D eigenvalue weighted by atomic mass is 19.2. The van der Waals surface area contributed by atoms with Crippen molar-refractivity contribution in [2.45, 2.75) is 12.6 Å². The third kappa shape index (κ3) is 1.28. The van der Waals surface area contributed by atoms with Gasteiger partial charge in [-0.1, -0.05) is 0 Å². The monoisotopic (exact) mass is 132 g/mol. The van der Waals surface area contributed by atoms with Crippen molar-refractivity contribution in [3.8, 4) is 0 Å². The first-order valence-electron chi connectivity index (χ1n) is 2.59. The van der Waals surface area contributed by atoms with E-state index in [1.807, 2.05) is 0 Å². The Morgan fingerprint density at radius 3 is 2.67 bits per heavy atom. The summed E-state index contributed by atoms with van der Waals surface area (Å²) in [5.41, 5.74) is 0. The lowest BCUT2D eigenvalue weighted by Gasteiger charge is -2.07. The fourth-order valence-corrected chi connectivity index (χ4v) is 0.629. The van der Waals surface area contributed by atoms with Crippen LogP contribution >= 0.6 is 0 Å². The molecular weight excluding hydrogens is 126 g/mol. The quantitative estimate of drug-likeness (QED) is 0.534. The van der Waals surface area contributed by atoms with Crippen molar-refractivity contribution in [1.82, 2.24) is 0 Å². The lowest BCUT2D eigenvalue weighted by molar-refractivity contribution is 0.273. The number of allylic oxidation sites excluding steroid dienone is 4. The molecule has 1 N–H and O–H groups in total. The molecule has 1 unspecified atom stereocenters. The summed E-state index contributed by atoms with van der Waals surface area (Å²) >= 11 is 0. The van der Waals surface area contributed by atoms with Crippen LogP contribution in [0.3, 0.4) is 0 Å². The number of hydrogen-bond acceptors (Lipinski definition) is 1. The zero-order chi connectivity index (χ0) is 6.85. The fraction of sp³-hybridized carbons (Fsp3) is 0.333. The molecule has 0 radical (unpaired) electrons. The number of rotatable bonds is 0. The molecule has 0 fully saturated rings. The first-order chi connectivity index (χ1) is 4.20. The maximum atomic E-state index is 12.2. The van der Waals surface area contributed by atoms with Gasteiger partial charge >= 0.3 is 0 Å². The number of aliphatic hydroxyl groups excluding tert-OH is 1. The van der Waals surface area contributed by atoms with Gasteiger partial charge in [0.1, 0.15) is 5.83 Å². The van der Waals surface area contributed by atoms with E-state index in [1.165, 1.54) is 0 Å². The van der Waals surface area contributed by atoms with Crippen LogP contribution in [0.1, 0.15) is 6.42 Å². The van der Waals surface area contributed by atoms with Crippen LogP contribution in [0.5, 0.6) is 0 Å². The Bertz CT molecular complexity index is 172. The van der Waals surface area contributed by atoms with Crippen molar-refractivity contribution in [2.24, 2.45) is 0 Å². The smallest absolute Gasteiger partial charge is 0.158 e. The molecule has 0 spiro atoms. The zero-order valence-corrected chi connectivity index (χ0v) is 4.64. The number of aliphatic hydroxyl groups is 1. The summed E-state index contributed by atoms with van der Waals surface area (Å²) in [5, 5.41) is 8.61. The molecule has 1 rings (SSSR count). The van der Waals surface area contributed by atoms with Gasteiger partial charge in [0.25, 0.3) is 0 Å². The minimum absolute atomic E-state index is 0.107. The molecule has 1 nitrogen and oxygen atoms in total. The highest BCUT2D eigenvalue weighted by Gasteiger charge is 2.17. The van der Waals surface area contributed by atoms with Gasteiger partial charge in [-0.05, 0) is 12.2 Å². The maximum absolute atomic E-state index is 12.2. The summed E-state index contributed by atoms with van der Waals surface area (Å²) in [7, 11) is 0. The molecule has 0 aromatic rings.